The van der Waals surface area contributed by atoms with Crippen LogP contribution < -0.4 is 5.73 Å². The van der Waals surface area contributed by atoms with E-state index in [2.05, 4.69) is 23.2 Å². The molecule has 0 aliphatic carbocycles. The Bertz CT molecular complexity index is 760. The smallest absolute Gasteiger partial charge is 0.310 e. The first-order valence-electron chi connectivity index (χ1n) is 11.0. The SMILES string of the molecule is C=C(O)CN1CCN(CC(N)=O)CCN(CC(=O)N=O)CCN(C2CCC(=O)OC2=C)CC1. The van der Waals surface area contributed by atoms with Crippen LogP contribution in [0.3, 0.4) is 0 Å². The van der Waals surface area contributed by atoms with E-state index in [1.54, 1.807) is 0 Å². The van der Waals surface area contributed by atoms with Gasteiger partial charge in [0.15, 0.2) is 0 Å². The van der Waals surface area contributed by atoms with Crippen molar-refractivity contribution in [3.63, 3.8) is 0 Å². The van der Waals surface area contributed by atoms with Gasteiger partial charge in [0.25, 0.3) is 5.91 Å². The second-order valence-corrected chi connectivity index (χ2v) is 8.38. The third-order valence-corrected chi connectivity index (χ3v) is 5.80. The molecule has 0 saturated carbocycles. The Morgan fingerprint density at radius 1 is 1.00 bits per heavy atom. The summed E-state index contributed by atoms with van der Waals surface area (Å²) < 4.78 is 5.26. The molecule has 0 aromatic heterocycles. The highest BCUT2D eigenvalue weighted by molar-refractivity contribution is 5.78. The summed E-state index contributed by atoms with van der Waals surface area (Å²) in [7, 11) is 0. The number of amides is 2. The molecule has 2 heterocycles. The Morgan fingerprint density at radius 3 is 2.00 bits per heavy atom. The molecule has 1 unspecified atom stereocenters. The van der Waals surface area contributed by atoms with Crippen molar-refractivity contribution in [2.24, 2.45) is 10.9 Å². The third-order valence-electron chi connectivity index (χ3n) is 5.80. The quantitative estimate of drug-likeness (QED) is 0.279. The Labute approximate surface area is 193 Å². The zero-order valence-corrected chi connectivity index (χ0v) is 19.0. The standard InChI is InChI=1S/C21H34N6O6/c1-16(28)13-24-5-6-25(14-19(22)29)7-8-26(15-20(30)23-32)10-12-27(11-9-24)18-3-4-21(31)33-17(18)2/h18,28H,1-15H2,(H2,22,29). The number of cyclic esters (lactones) is 1. The molecule has 2 aliphatic rings. The average molecular weight is 467 g/mol. The summed E-state index contributed by atoms with van der Waals surface area (Å²) in [5.74, 6) is -1.10. The third kappa shape index (κ3) is 9.38. The lowest BCUT2D eigenvalue weighted by molar-refractivity contribution is -0.144. The van der Waals surface area contributed by atoms with Crippen LogP contribution in [0.5, 0.6) is 0 Å². The van der Waals surface area contributed by atoms with Gasteiger partial charge in [0, 0.05) is 64.0 Å². The highest BCUT2D eigenvalue weighted by atomic mass is 16.5. The van der Waals surface area contributed by atoms with E-state index in [0.717, 1.165) is 0 Å². The van der Waals surface area contributed by atoms with Gasteiger partial charge in [-0.05, 0) is 6.42 Å². The highest BCUT2D eigenvalue weighted by Gasteiger charge is 2.30. The van der Waals surface area contributed by atoms with E-state index in [9.17, 15) is 24.4 Å². The van der Waals surface area contributed by atoms with Crippen LogP contribution >= 0.6 is 0 Å². The van der Waals surface area contributed by atoms with E-state index in [1.165, 1.54) is 0 Å². The number of primary amides is 1. The van der Waals surface area contributed by atoms with E-state index in [1.807, 2.05) is 14.7 Å². The minimum Gasteiger partial charge on any atom is -0.512 e. The fourth-order valence-electron chi connectivity index (χ4n) is 4.10. The predicted molar refractivity (Wildman–Crippen MR) is 121 cm³/mol. The molecule has 12 nitrogen and oxygen atoms in total. The number of rotatable bonds is 7. The number of nitroso groups, excluding NO2 is 1. The lowest BCUT2D eigenvalue weighted by Gasteiger charge is -2.38. The van der Waals surface area contributed by atoms with Crippen molar-refractivity contribution in [1.29, 1.82) is 0 Å². The molecule has 2 aliphatic heterocycles. The van der Waals surface area contributed by atoms with E-state index in [0.29, 0.717) is 64.5 Å². The zero-order chi connectivity index (χ0) is 24.4. The number of hydrogen-bond donors (Lipinski definition) is 2. The molecule has 2 saturated heterocycles. The maximum absolute atomic E-state index is 11.7. The number of nitrogens with two attached hydrogens (primary N) is 1. The van der Waals surface area contributed by atoms with Crippen LogP contribution in [-0.2, 0) is 19.1 Å². The molecule has 184 valence electrons. The van der Waals surface area contributed by atoms with Gasteiger partial charge < -0.3 is 15.6 Å². The van der Waals surface area contributed by atoms with E-state index in [4.69, 9.17) is 10.5 Å². The Morgan fingerprint density at radius 2 is 1.52 bits per heavy atom. The summed E-state index contributed by atoms with van der Waals surface area (Å²) in [6.07, 6.45) is 0.863. The van der Waals surface area contributed by atoms with Crippen molar-refractivity contribution >= 4 is 17.8 Å². The number of nitrogens with zero attached hydrogens (tertiary/aromatic N) is 5. The average Bonchev–Trinajstić information content (AvgIpc) is 2.73. The lowest BCUT2D eigenvalue weighted by atomic mass is 10.1. The van der Waals surface area contributed by atoms with Crippen LogP contribution in [0.2, 0.25) is 0 Å². The second-order valence-electron chi connectivity index (χ2n) is 8.38. The maximum Gasteiger partial charge on any atom is 0.310 e. The van der Waals surface area contributed by atoms with Crippen molar-refractivity contribution in [2.45, 2.75) is 18.9 Å². The lowest BCUT2D eigenvalue weighted by Crippen LogP contribution is -2.51. The van der Waals surface area contributed by atoms with Crippen molar-refractivity contribution in [3.05, 3.63) is 29.6 Å². The maximum atomic E-state index is 11.7. The van der Waals surface area contributed by atoms with Gasteiger partial charge >= 0.3 is 5.97 Å². The number of esters is 1. The molecule has 1 atom stereocenters. The predicted octanol–water partition coefficient (Wildman–Crippen LogP) is -0.723. The summed E-state index contributed by atoms with van der Waals surface area (Å²) >= 11 is 0. The molecule has 0 aromatic rings. The van der Waals surface area contributed by atoms with Crippen LogP contribution in [-0.4, -0.2) is 121 Å². The van der Waals surface area contributed by atoms with Gasteiger partial charge in [-0.25, -0.2) is 0 Å². The molecule has 2 amide bonds. The van der Waals surface area contributed by atoms with Crippen LogP contribution in [0, 0.1) is 4.91 Å². The van der Waals surface area contributed by atoms with Crippen molar-refractivity contribution in [2.75, 3.05) is 72.0 Å². The van der Waals surface area contributed by atoms with Crippen LogP contribution in [0.1, 0.15) is 12.8 Å². The molecular weight excluding hydrogens is 432 g/mol. The molecule has 0 spiro atoms. The van der Waals surface area contributed by atoms with Gasteiger partial charge in [0.05, 0.1) is 31.4 Å². The van der Waals surface area contributed by atoms with E-state index in [-0.39, 0.29) is 43.8 Å². The fraction of sp³-hybridized carbons (Fsp3) is 0.667. The van der Waals surface area contributed by atoms with Gasteiger partial charge in [-0.3, -0.25) is 34.0 Å². The van der Waals surface area contributed by atoms with Crippen LogP contribution in [0.15, 0.2) is 29.9 Å². The number of aliphatic hydroxyl groups is 1. The van der Waals surface area contributed by atoms with Gasteiger partial charge in [-0.15, -0.1) is 4.91 Å². The zero-order valence-electron chi connectivity index (χ0n) is 19.0. The molecule has 0 aromatic carbocycles. The Hall–Kier alpha value is -2.67. The molecule has 2 fully saturated rings. The molecule has 0 bridgehead atoms. The first-order chi connectivity index (χ1) is 15.7. The molecular formula is C21H34N6O6. The van der Waals surface area contributed by atoms with Gasteiger partial charge in [0.2, 0.25) is 5.91 Å². The number of carbonyl (C=O) groups excluding carboxylic acids is 3. The largest absolute Gasteiger partial charge is 0.512 e. The summed E-state index contributed by atoms with van der Waals surface area (Å²) in [6.45, 7) is 11.8. The van der Waals surface area contributed by atoms with E-state index >= 15 is 0 Å². The monoisotopic (exact) mass is 466 g/mol. The first kappa shape index (κ1) is 26.6. The number of carbonyl (C=O) groups is 3. The van der Waals surface area contributed by atoms with Crippen LogP contribution in [0.4, 0.5) is 0 Å². The Kier molecular flexibility index (Phi) is 10.6. The Balaban J connectivity index is 2.20. The van der Waals surface area contributed by atoms with E-state index < -0.39 is 11.8 Å². The second kappa shape index (κ2) is 13.1. The topological polar surface area (TPSA) is 149 Å². The summed E-state index contributed by atoms with van der Waals surface area (Å²) in [6, 6.07) is -0.169. The molecule has 2 rings (SSSR count). The van der Waals surface area contributed by atoms with Gasteiger partial charge in [-0.2, -0.15) is 0 Å². The van der Waals surface area contributed by atoms with Crippen molar-refractivity contribution in [3.8, 4) is 0 Å². The van der Waals surface area contributed by atoms with Crippen molar-refractivity contribution < 1.29 is 24.2 Å². The normalized spacial score (nSPS) is 23.2. The highest BCUT2D eigenvalue weighted by Crippen LogP contribution is 2.22. The minimum atomic E-state index is -0.765. The molecule has 12 heteroatoms. The molecule has 33 heavy (non-hydrogen) atoms. The van der Waals surface area contributed by atoms with Crippen LogP contribution in [0.25, 0.3) is 0 Å². The summed E-state index contributed by atoms with van der Waals surface area (Å²) in [5.41, 5.74) is 5.39. The van der Waals surface area contributed by atoms with Gasteiger partial charge in [-0.1, -0.05) is 13.2 Å². The fourth-order valence-corrected chi connectivity index (χ4v) is 4.10. The number of ether oxygens (including phenoxy) is 1. The first-order valence-corrected chi connectivity index (χ1v) is 11.0. The van der Waals surface area contributed by atoms with Gasteiger partial charge in [0.1, 0.15) is 5.76 Å². The number of hydrogen-bond acceptors (Lipinski definition) is 10. The molecule has 3 N–H and O–H groups in total. The number of aliphatic hydroxyl groups excluding tert-OH is 1. The van der Waals surface area contributed by atoms with Crippen molar-refractivity contribution in [1.82, 2.24) is 19.6 Å². The summed E-state index contributed by atoms with van der Waals surface area (Å²) in [4.78, 5) is 53.4. The summed E-state index contributed by atoms with van der Waals surface area (Å²) in [5, 5.41) is 12.3. The minimum absolute atomic E-state index is 0.0390. The molecule has 0 radical (unpaired) electrons.